The Balaban J connectivity index is 1.74. The number of hydrogen-bond donors (Lipinski definition) is 2. The molecular weight excluding hydrogens is 543 g/mol. The molecule has 0 saturated heterocycles. The van der Waals surface area contributed by atoms with Gasteiger partial charge in [0.2, 0.25) is 5.91 Å². The zero-order valence-corrected chi connectivity index (χ0v) is 23.6. The Kier molecular flexibility index (Phi) is 9.86. The van der Waals surface area contributed by atoms with Gasteiger partial charge < -0.3 is 16.0 Å². The molecule has 3 aromatic carbocycles. The van der Waals surface area contributed by atoms with Gasteiger partial charge in [-0.25, -0.2) is 9.07 Å². The fourth-order valence-electron chi connectivity index (χ4n) is 4.45. The number of carbonyl (C=O) groups is 3. The van der Waals surface area contributed by atoms with E-state index < -0.39 is 23.7 Å². The SMILES string of the molecule is CCNC(=O)c1ccc(-n2nnc(C(=O)N(Cc3cccc(F)c3)[C@@H](Cc3ccccc3)C(N)=O)c2CSC)cc1. The van der Waals surface area contributed by atoms with Crippen LogP contribution in [0.25, 0.3) is 5.69 Å². The van der Waals surface area contributed by atoms with E-state index in [4.69, 9.17) is 5.73 Å². The summed E-state index contributed by atoms with van der Waals surface area (Å²) in [4.78, 5) is 40.5. The average molecular weight is 575 g/mol. The van der Waals surface area contributed by atoms with Crippen molar-refractivity contribution in [2.45, 2.75) is 31.7 Å². The third-order valence-electron chi connectivity index (χ3n) is 6.44. The summed E-state index contributed by atoms with van der Waals surface area (Å²) < 4.78 is 15.6. The Hall–Kier alpha value is -4.51. The normalized spacial score (nSPS) is 11.6. The fourth-order valence-corrected chi connectivity index (χ4v) is 4.98. The summed E-state index contributed by atoms with van der Waals surface area (Å²) in [5.74, 6) is -1.51. The Labute approximate surface area is 241 Å². The first-order valence-electron chi connectivity index (χ1n) is 13.0. The fraction of sp³-hybridized carbons (Fsp3) is 0.233. The maximum atomic E-state index is 14.2. The van der Waals surface area contributed by atoms with Crippen molar-refractivity contribution in [1.82, 2.24) is 25.2 Å². The van der Waals surface area contributed by atoms with Gasteiger partial charge in [0, 0.05) is 30.8 Å². The second kappa shape index (κ2) is 13.7. The van der Waals surface area contributed by atoms with E-state index in [2.05, 4.69) is 15.6 Å². The molecule has 1 aromatic heterocycles. The quantitative estimate of drug-likeness (QED) is 0.266. The molecule has 212 valence electrons. The van der Waals surface area contributed by atoms with E-state index in [9.17, 15) is 18.8 Å². The van der Waals surface area contributed by atoms with Crippen molar-refractivity contribution < 1.29 is 18.8 Å². The molecule has 0 spiro atoms. The number of rotatable bonds is 12. The van der Waals surface area contributed by atoms with Gasteiger partial charge in [-0.3, -0.25) is 14.4 Å². The molecule has 3 amide bonds. The van der Waals surface area contributed by atoms with Crippen LogP contribution in [0.4, 0.5) is 4.39 Å². The van der Waals surface area contributed by atoms with Crippen LogP contribution in [-0.2, 0) is 23.5 Å². The first-order chi connectivity index (χ1) is 19.8. The summed E-state index contributed by atoms with van der Waals surface area (Å²) in [6, 6.07) is 20.8. The van der Waals surface area contributed by atoms with Gasteiger partial charge in [-0.05, 0) is 60.7 Å². The maximum Gasteiger partial charge on any atom is 0.277 e. The van der Waals surface area contributed by atoms with Crippen molar-refractivity contribution in [3.05, 3.63) is 113 Å². The van der Waals surface area contributed by atoms with Gasteiger partial charge in [-0.1, -0.05) is 47.7 Å². The van der Waals surface area contributed by atoms with E-state index in [0.717, 1.165) is 5.56 Å². The molecule has 11 heteroatoms. The molecule has 1 heterocycles. The molecule has 4 rings (SSSR count). The van der Waals surface area contributed by atoms with Crippen molar-refractivity contribution in [2.24, 2.45) is 5.73 Å². The first-order valence-corrected chi connectivity index (χ1v) is 14.4. The van der Waals surface area contributed by atoms with Gasteiger partial charge in [0.1, 0.15) is 11.9 Å². The number of benzene rings is 3. The maximum absolute atomic E-state index is 14.2. The van der Waals surface area contributed by atoms with Gasteiger partial charge in [-0.15, -0.1) is 5.10 Å². The number of carbonyl (C=O) groups excluding carboxylic acids is 3. The molecular formula is C30H31FN6O3S. The summed E-state index contributed by atoms with van der Waals surface area (Å²) >= 11 is 1.47. The zero-order valence-electron chi connectivity index (χ0n) is 22.8. The Morgan fingerprint density at radius 1 is 1.02 bits per heavy atom. The summed E-state index contributed by atoms with van der Waals surface area (Å²) in [5.41, 5.74) is 8.84. The highest BCUT2D eigenvalue weighted by molar-refractivity contribution is 7.97. The number of nitrogens with zero attached hydrogens (tertiary/aromatic N) is 4. The molecule has 0 radical (unpaired) electrons. The minimum Gasteiger partial charge on any atom is -0.368 e. The van der Waals surface area contributed by atoms with Crippen LogP contribution in [0, 0.1) is 5.82 Å². The highest BCUT2D eigenvalue weighted by Gasteiger charge is 2.33. The van der Waals surface area contributed by atoms with Crippen LogP contribution in [0.3, 0.4) is 0 Å². The van der Waals surface area contributed by atoms with E-state index in [0.29, 0.717) is 34.8 Å². The summed E-state index contributed by atoms with van der Waals surface area (Å²) in [5, 5.41) is 11.2. The number of halogens is 1. The topological polar surface area (TPSA) is 123 Å². The number of aromatic nitrogens is 3. The molecule has 4 aromatic rings. The molecule has 41 heavy (non-hydrogen) atoms. The predicted molar refractivity (Wildman–Crippen MR) is 156 cm³/mol. The van der Waals surface area contributed by atoms with Crippen LogP contribution in [0.2, 0.25) is 0 Å². The number of amides is 3. The van der Waals surface area contributed by atoms with Crippen molar-refractivity contribution in [3.8, 4) is 5.69 Å². The first kappa shape index (κ1) is 29.5. The number of nitrogens with two attached hydrogens (primary N) is 1. The molecule has 0 unspecified atom stereocenters. The van der Waals surface area contributed by atoms with Gasteiger partial charge in [0.15, 0.2) is 5.69 Å². The zero-order chi connectivity index (χ0) is 29.4. The van der Waals surface area contributed by atoms with E-state index in [1.165, 1.54) is 28.8 Å². The van der Waals surface area contributed by atoms with Crippen LogP contribution < -0.4 is 11.1 Å². The van der Waals surface area contributed by atoms with Gasteiger partial charge >= 0.3 is 0 Å². The summed E-state index contributed by atoms with van der Waals surface area (Å²) in [6.07, 6.45) is 2.06. The van der Waals surface area contributed by atoms with E-state index >= 15 is 0 Å². The highest BCUT2D eigenvalue weighted by Crippen LogP contribution is 2.23. The number of hydrogen-bond acceptors (Lipinski definition) is 6. The van der Waals surface area contributed by atoms with Crippen molar-refractivity contribution in [2.75, 3.05) is 12.8 Å². The smallest absolute Gasteiger partial charge is 0.277 e. The molecule has 0 saturated carbocycles. The monoisotopic (exact) mass is 574 g/mol. The lowest BCUT2D eigenvalue weighted by molar-refractivity contribution is -0.122. The van der Waals surface area contributed by atoms with Gasteiger partial charge in [0.25, 0.3) is 11.8 Å². The standard InChI is InChI=1S/C30H31FN6O3S/c1-3-33-29(39)22-12-14-24(15-13-22)37-26(19-41-2)27(34-35-37)30(40)36(18-21-10-7-11-23(31)16-21)25(28(32)38)17-20-8-5-4-6-9-20/h4-16,25H,3,17-19H2,1-2H3,(H2,32,38)(H,33,39)/t25-/m0/s1. The number of thioether (sulfide) groups is 1. The molecule has 0 aliphatic carbocycles. The highest BCUT2D eigenvalue weighted by atomic mass is 32.2. The third kappa shape index (κ3) is 7.17. The summed E-state index contributed by atoms with van der Waals surface area (Å²) in [6.45, 7) is 2.29. The second-order valence-electron chi connectivity index (χ2n) is 9.31. The molecule has 0 aliphatic rings. The summed E-state index contributed by atoms with van der Waals surface area (Å²) in [7, 11) is 0. The minimum atomic E-state index is -1.03. The average Bonchev–Trinajstić information content (AvgIpc) is 3.39. The van der Waals surface area contributed by atoms with Gasteiger partial charge in [-0.2, -0.15) is 11.8 Å². The Bertz CT molecular complexity index is 1510. The van der Waals surface area contributed by atoms with E-state index in [1.807, 2.05) is 43.5 Å². The molecule has 1 atom stereocenters. The van der Waals surface area contributed by atoms with Gasteiger partial charge in [0.05, 0.1) is 11.4 Å². The van der Waals surface area contributed by atoms with Crippen LogP contribution >= 0.6 is 11.8 Å². The Morgan fingerprint density at radius 3 is 2.37 bits per heavy atom. The van der Waals surface area contributed by atoms with Crippen LogP contribution in [-0.4, -0.2) is 56.5 Å². The lowest BCUT2D eigenvalue weighted by atomic mass is 10.0. The molecule has 0 aliphatic heterocycles. The van der Waals surface area contributed by atoms with Crippen LogP contribution in [0.15, 0.2) is 78.9 Å². The number of nitrogens with one attached hydrogen (secondary N) is 1. The van der Waals surface area contributed by atoms with E-state index in [-0.39, 0.29) is 24.6 Å². The molecule has 9 nitrogen and oxygen atoms in total. The minimum absolute atomic E-state index is 0.0582. The number of primary amides is 1. The largest absolute Gasteiger partial charge is 0.368 e. The third-order valence-corrected chi connectivity index (χ3v) is 7.00. The molecule has 3 N–H and O–H groups in total. The second-order valence-corrected chi connectivity index (χ2v) is 10.2. The lowest BCUT2D eigenvalue weighted by Crippen LogP contribution is -2.49. The molecule has 0 fully saturated rings. The van der Waals surface area contributed by atoms with E-state index in [1.54, 1.807) is 41.1 Å². The van der Waals surface area contributed by atoms with Crippen LogP contribution in [0.1, 0.15) is 44.6 Å². The van der Waals surface area contributed by atoms with Crippen molar-refractivity contribution in [3.63, 3.8) is 0 Å². The molecule has 0 bridgehead atoms. The van der Waals surface area contributed by atoms with Crippen molar-refractivity contribution in [1.29, 1.82) is 0 Å². The Morgan fingerprint density at radius 2 is 1.73 bits per heavy atom. The lowest BCUT2D eigenvalue weighted by Gasteiger charge is -2.30. The van der Waals surface area contributed by atoms with Crippen LogP contribution in [0.5, 0.6) is 0 Å². The van der Waals surface area contributed by atoms with Crippen molar-refractivity contribution >= 4 is 29.5 Å². The predicted octanol–water partition coefficient (Wildman–Crippen LogP) is 3.76.